The SMILES string of the molecule is CN=C(NCc1ccccn1)NC1CC(C)N(Cc2ccccc2)C1. The summed E-state index contributed by atoms with van der Waals surface area (Å²) in [6.45, 7) is 5.01. The van der Waals surface area contributed by atoms with Crippen LogP contribution in [-0.2, 0) is 13.1 Å². The minimum absolute atomic E-state index is 0.411. The van der Waals surface area contributed by atoms with E-state index in [0.717, 1.165) is 31.2 Å². The molecule has 0 bridgehead atoms. The average molecular weight is 337 g/mol. The van der Waals surface area contributed by atoms with Crippen LogP contribution < -0.4 is 10.6 Å². The average Bonchev–Trinajstić information content (AvgIpc) is 2.99. The van der Waals surface area contributed by atoms with Crippen molar-refractivity contribution in [3.8, 4) is 0 Å². The molecular weight excluding hydrogens is 310 g/mol. The van der Waals surface area contributed by atoms with Crippen LogP contribution in [0.2, 0.25) is 0 Å². The molecule has 5 nitrogen and oxygen atoms in total. The Labute approximate surface area is 150 Å². The molecule has 25 heavy (non-hydrogen) atoms. The van der Waals surface area contributed by atoms with E-state index in [-0.39, 0.29) is 0 Å². The molecule has 0 aliphatic carbocycles. The first-order valence-electron chi connectivity index (χ1n) is 8.89. The van der Waals surface area contributed by atoms with E-state index in [4.69, 9.17) is 0 Å². The Bertz CT molecular complexity index is 671. The molecule has 132 valence electrons. The van der Waals surface area contributed by atoms with E-state index in [9.17, 15) is 0 Å². The standard InChI is InChI=1S/C20H27N5/c1-16-12-19(15-25(16)14-17-8-4-3-5-9-17)24-20(21-2)23-13-18-10-6-7-11-22-18/h3-11,16,19H,12-15H2,1-2H3,(H2,21,23,24). The summed E-state index contributed by atoms with van der Waals surface area (Å²) in [4.78, 5) is 11.2. The van der Waals surface area contributed by atoms with Gasteiger partial charge in [-0.05, 0) is 31.0 Å². The van der Waals surface area contributed by atoms with Crippen molar-refractivity contribution in [1.29, 1.82) is 0 Å². The van der Waals surface area contributed by atoms with Crippen LogP contribution in [0, 0.1) is 0 Å². The van der Waals surface area contributed by atoms with Crippen LogP contribution in [0.3, 0.4) is 0 Å². The van der Waals surface area contributed by atoms with Crippen molar-refractivity contribution in [3.63, 3.8) is 0 Å². The lowest BCUT2D eigenvalue weighted by atomic mass is 10.2. The van der Waals surface area contributed by atoms with Gasteiger partial charge in [-0.15, -0.1) is 0 Å². The Morgan fingerprint density at radius 2 is 2.00 bits per heavy atom. The van der Waals surface area contributed by atoms with Crippen molar-refractivity contribution < 1.29 is 0 Å². The minimum atomic E-state index is 0.411. The first-order valence-corrected chi connectivity index (χ1v) is 8.89. The lowest BCUT2D eigenvalue weighted by molar-refractivity contribution is 0.258. The second-order valence-electron chi connectivity index (χ2n) is 6.59. The van der Waals surface area contributed by atoms with Gasteiger partial charge in [0.25, 0.3) is 0 Å². The smallest absolute Gasteiger partial charge is 0.191 e. The van der Waals surface area contributed by atoms with Gasteiger partial charge in [-0.25, -0.2) is 0 Å². The molecule has 2 aromatic rings. The largest absolute Gasteiger partial charge is 0.352 e. The Morgan fingerprint density at radius 1 is 1.20 bits per heavy atom. The van der Waals surface area contributed by atoms with Crippen LogP contribution >= 0.6 is 0 Å². The van der Waals surface area contributed by atoms with Crippen molar-refractivity contribution in [2.24, 2.45) is 4.99 Å². The Kier molecular flexibility index (Phi) is 6.01. The lowest BCUT2D eigenvalue weighted by Crippen LogP contribution is -2.44. The van der Waals surface area contributed by atoms with Crippen molar-refractivity contribution in [3.05, 3.63) is 66.0 Å². The van der Waals surface area contributed by atoms with Crippen LogP contribution in [0.15, 0.2) is 59.7 Å². The first-order chi connectivity index (χ1) is 12.2. The maximum atomic E-state index is 4.35. The van der Waals surface area contributed by atoms with Crippen molar-refractivity contribution in [2.45, 2.75) is 38.5 Å². The van der Waals surface area contributed by atoms with E-state index in [1.807, 2.05) is 31.4 Å². The number of pyridine rings is 1. The van der Waals surface area contributed by atoms with Crippen LogP contribution in [-0.4, -0.2) is 41.5 Å². The fraction of sp³-hybridized carbons (Fsp3) is 0.400. The molecule has 5 heteroatoms. The quantitative estimate of drug-likeness (QED) is 0.650. The summed E-state index contributed by atoms with van der Waals surface area (Å²) in [6, 6.07) is 17.6. The van der Waals surface area contributed by atoms with Crippen LogP contribution in [0.5, 0.6) is 0 Å². The van der Waals surface area contributed by atoms with Gasteiger partial charge in [0, 0.05) is 38.4 Å². The highest BCUT2D eigenvalue weighted by atomic mass is 15.3. The number of likely N-dealkylation sites (tertiary alicyclic amines) is 1. The third kappa shape index (κ3) is 5.03. The van der Waals surface area contributed by atoms with Gasteiger partial charge in [0.15, 0.2) is 5.96 Å². The first kappa shape index (κ1) is 17.4. The third-order valence-electron chi connectivity index (χ3n) is 4.66. The monoisotopic (exact) mass is 337 g/mol. The second kappa shape index (κ2) is 8.62. The molecule has 0 spiro atoms. The van der Waals surface area contributed by atoms with Gasteiger partial charge in [-0.3, -0.25) is 14.9 Å². The highest BCUT2D eigenvalue weighted by Gasteiger charge is 2.29. The zero-order valence-corrected chi connectivity index (χ0v) is 15.0. The van der Waals surface area contributed by atoms with Crippen molar-refractivity contribution in [2.75, 3.05) is 13.6 Å². The molecule has 2 atom stereocenters. The van der Waals surface area contributed by atoms with E-state index in [0.29, 0.717) is 18.6 Å². The lowest BCUT2D eigenvalue weighted by Gasteiger charge is -2.21. The normalized spacial score (nSPS) is 21.3. The molecule has 1 fully saturated rings. The molecule has 1 aliphatic rings. The summed E-state index contributed by atoms with van der Waals surface area (Å²) in [6.07, 6.45) is 2.93. The molecule has 1 aromatic heterocycles. The van der Waals surface area contributed by atoms with Gasteiger partial charge in [0.05, 0.1) is 12.2 Å². The molecule has 2 heterocycles. The molecule has 0 radical (unpaired) electrons. The summed E-state index contributed by atoms with van der Waals surface area (Å²) in [7, 11) is 1.81. The number of hydrogen-bond donors (Lipinski definition) is 2. The number of nitrogens with one attached hydrogen (secondary N) is 2. The number of guanidine groups is 1. The Balaban J connectivity index is 1.50. The van der Waals surface area contributed by atoms with E-state index in [1.165, 1.54) is 5.56 Å². The van der Waals surface area contributed by atoms with Gasteiger partial charge < -0.3 is 10.6 Å². The second-order valence-corrected chi connectivity index (χ2v) is 6.59. The maximum Gasteiger partial charge on any atom is 0.191 e. The summed E-state index contributed by atoms with van der Waals surface area (Å²) in [5, 5.41) is 6.90. The summed E-state index contributed by atoms with van der Waals surface area (Å²) < 4.78 is 0. The van der Waals surface area contributed by atoms with E-state index in [2.05, 4.69) is 62.8 Å². The summed E-state index contributed by atoms with van der Waals surface area (Å²) in [5.74, 6) is 0.837. The van der Waals surface area contributed by atoms with Crippen LogP contribution in [0.4, 0.5) is 0 Å². The number of nitrogens with zero attached hydrogens (tertiary/aromatic N) is 3. The zero-order chi connectivity index (χ0) is 17.5. The van der Waals surface area contributed by atoms with E-state index < -0.39 is 0 Å². The van der Waals surface area contributed by atoms with Gasteiger partial charge in [0.1, 0.15) is 0 Å². The maximum absolute atomic E-state index is 4.35. The number of hydrogen-bond acceptors (Lipinski definition) is 3. The van der Waals surface area contributed by atoms with Crippen LogP contribution in [0.1, 0.15) is 24.6 Å². The zero-order valence-electron chi connectivity index (χ0n) is 15.0. The topological polar surface area (TPSA) is 52.6 Å². The fourth-order valence-corrected chi connectivity index (χ4v) is 3.31. The predicted octanol–water partition coefficient (Wildman–Crippen LogP) is 2.41. The highest BCUT2D eigenvalue weighted by Crippen LogP contribution is 2.20. The molecular formula is C20H27N5. The molecule has 1 aromatic carbocycles. The van der Waals surface area contributed by atoms with Gasteiger partial charge >= 0.3 is 0 Å². The van der Waals surface area contributed by atoms with Gasteiger partial charge in [-0.2, -0.15) is 0 Å². The molecule has 1 aliphatic heterocycles. The molecule has 3 rings (SSSR count). The number of benzene rings is 1. The van der Waals surface area contributed by atoms with Crippen molar-refractivity contribution in [1.82, 2.24) is 20.5 Å². The molecule has 0 saturated carbocycles. The molecule has 1 saturated heterocycles. The molecule has 2 N–H and O–H groups in total. The van der Waals surface area contributed by atoms with E-state index in [1.54, 1.807) is 0 Å². The van der Waals surface area contributed by atoms with Gasteiger partial charge in [0.2, 0.25) is 0 Å². The number of rotatable bonds is 5. The summed E-state index contributed by atoms with van der Waals surface area (Å²) in [5.41, 5.74) is 2.38. The molecule has 2 unspecified atom stereocenters. The number of aromatic nitrogens is 1. The minimum Gasteiger partial charge on any atom is -0.352 e. The Hall–Kier alpha value is -2.40. The van der Waals surface area contributed by atoms with Crippen LogP contribution in [0.25, 0.3) is 0 Å². The summed E-state index contributed by atoms with van der Waals surface area (Å²) >= 11 is 0. The highest BCUT2D eigenvalue weighted by molar-refractivity contribution is 5.79. The predicted molar refractivity (Wildman–Crippen MR) is 102 cm³/mol. The Morgan fingerprint density at radius 3 is 2.72 bits per heavy atom. The van der Waals surface area contributed by atoms with E-state index >= 15 is 0 Å². The number of aliphatic imine (C=N–C) groups is 1. The third-order valence-corrected chi connectivity index (χ3v) is 4.66. The van der Waals surface area contributed by atoms with Gasteiger partial charge in [-0.1, -0.05) is 36.4 Å². The van der Waals surface area contributed by atoms with Crippen molar-refractivity contribution >= 4 is 5.96 Å². The molecule has 0 amide bonds. The fourth-order valence-electron chi connectivity index (χ4n) is 3.31.